The molecule has 0 unspecified atom stereocenters. The summed E-state index contributed by atoms with van der Waals surface area (Å²) in [5.41, 5.74) is 0. The minimum absolute atomic E-state index is 0. The Morgan fingerprint density at radius 2 is 1.57 bits per heavy atom. The van der Waals surface area contributed by atoms with Crippen LogP contribution in [0.3, 0.4) is 0 Å². The molecule has 8 heteroatoms. The van der Waals surface area contributed by atoms with Gasteiger partial charge in [0, 0.05) is 13.8 Å². The normalized spacial score (nSPS) is 12.4. The van der Waals surface area contributed by atoms with Crippen molar-refractivity contribution in [2.24, 2.45) is 0 Å². The van der Waals surface area contributed by atoms with Crippen molar-refractivity contribution in [2.45, 2.75) is 39.5 Å². The van der Waals surface area contributed by atoms with Gasteiger partial charge in [-0.1, -0.05) is 0 Å². The van der Waals surface area contributed by atoms with E-state index in [0.29, 0.717) is 4.67 Å². The second-order valence-corrected chi connectivity index (χ2v) is 4.68. The van der Waals surface area contributed by atoms with Crippen LogP contribution in [0.15, 0.2) is 0 Å². The molecular weight excluding hydrogens is 198 g/mol. The SMILES string of the molecule is CC(C)N(C(C)(C)F)P(=O)([O-])[O-].[Li+].[Li+]. The fraction of sp³-hybridized carbons (Fsp3) is 1.00. The molecule has 0 spiro atoms. The molecule has 0 atom stereocenters. The molecule has 0 aromatic heterocycles. The van der Waals surface area contributed by atoms with Gasteiger partial charge in [-0.15, -0.1) is 0 Å². The van der Waals surface area contributed by atoms with Gasteiger partial charge < -0.3 is 14.4 Å². The first kappa shape index (κ1) is 20.6. The van der Waals surface area contributed by atoms with E-state index >= 15 is 0 Å². The van der Waals surface area contributed by atoms with Gasteiger partial charge in [-0.05, 0) is 27.7 Å². The number of halogens is 1. The Kier molecular flexibility index (Phi) is 9.93. The van der Waals surface area contributed by atoms with Crippen molar-refractivity contribution >= 4 is 7.75 Å². The first-order valence-corrected chi connectivity index (χ1v) is 5.07. The molecule has 0 saturated heterocycles. The van der Waals surface area contributed by atoms with Gasteiger partial charge in [-0.3, -0.25) is 0 Å². The van der Waals surface area contributed by atoms with Crippen molar-refractivity contribution in [3.05, 3.63) is 0 Å². The van der Waals surface area contributed by atoms with Gasteiger partial charge in [-0.25, -0.2) is 9.06 Å². The zero-order valence-corrected chi connectivity index (χ0v) is 10.5. The van der Waals surface area contributed by atoms with Crippen LogP contribution < -0.4 is 47.5 Å². The van der Waals surface area contributed by atoms with Crippen LogP contribution in [0, 0.1) is 0 Å². The quantitative estimate of drug-likeness (QED) is 0.265. The zero-order chi connectivity index (χ0) is 10.2. The molecule has 14 heavy (non-hydrogen) atoms. The summed E-state index contributed by atoms with van der Waals surface area (Å²) in [5, 5.41) is 0. The van der Waals surface area contributed by atoms with Crippen molar-refractivity contribution < 1.29 is 56.5 Å². The van der Waals surface area contributed by atoms with Crippen LogP contribution in [0.4, 0.5) is 4.39 Å². The van der Waals surface area contributed by atoms with Crippen LogP contribution in [0.25, 0.3) is 0 Å². The Bertz CT molecular complexity index is 204. The van der Waals surface area contributed by atoms with Crippen LogP contribution in [0.5, 0.6) is 0 Å². The smallest absolute Gasteiger partial charge is 0.799 e. The summed E-state index contributed by atoms with van der Waals surface area (Å²) < 4.78 is 24.1. The summed E-state index contributed by atoms with van der Waals surface area (Å²) in [6, 6.07) is -0.661. The summed E-state index contributed by atoms with van der Waals surface area (Å²) in [5.74, 6) is -2.13. The molecule has 0 aromatic carbocycles. The molecule has 4 nitrogen and oxygen atoms in total. The fourth-order valence-electron chi connectivity index (χ4n) is 1.19. The van der Waals surface area contributed by atoms with Crippen LogP contribution >= 0.6 is 7.75 Å². The first-order chi connectivity index (χ1) is 5.07. The number of nitrogens with zero attached hydrogens (tertiary/aromatic N) is 1. The maximum atomic E-state index is 13.2. The van der Waals surface area contributed by atoms with E-state index in [2.05, 4.69) is 0 Å². The Hall–Kier alpha value is 1.23. The predicted molar refractivity (Wildman–Crippen MR) is 39.8 cm³/mol. The van der Waals surface area contributed by atoms with E-state index in [4.69, 9.17) is 0 Å². The Labute approximate surface area is 108 Å². The average molecular weight is 211 g/mol. The molecule has 0 bridgehead atoms. The molecule has 0 heterocycles. The molecule has 0 aliphatic rings. The maximum absolute atomic E-state index is 13.2. The van der Waals surface area contributed by atoms with Crippen molar-refractivity contribution in [3.8, 4) is 0 Å². The second-order valence-electron chi connectivity index (χ2n) is 3.32. The molecule has 0 fully saturated rings. The van der Waals surface area contributed by atoms with Gasteiger partial charge in [0.1, 0.15) is 0 Å². The van der Waals surface area contributed by atoms with E-state index in [-0.39, 0.29) is 37.7 Å². The van der Waals surface area contributed by atoms with Gasteiger partial charge in [0.05, 0.1) is 0 Å². The third kappa shape index (κ3) is 6.67. The Morgan fingerprint density at radius 3 is 1.57 bits per heavy atom. The Balaban J connectivity index is -0.000000605. The molecule has 0 aromatic rings. The summed E-state index contributed by atoms with van der Waals surface area (Å²) in [4.78, 5) is 21.2. The molecule has 0 radical (unpaired) electrons. The molecule has 0 saturated carbocycles. The molecule has 74 valence electrons. The van der Waals surface area contributed by atoms with E-state index in [9.17, 15) is 18.7 Å². The molecule has 0 rings (SSSR count). The number of hydrogen-bond donors (Lipinski definition) is 0. The summed E-state index contributed by atoms with van der Waals surface area (Å²) in [6.07, 6.45) is 0. The van der Waals surface area contributed by atoms with E-state index in [1.165, 1.54) is 13.8 Å². The third-order valence-electron chi connectivity index (χ3n) is 1.30. The molecule has 0 aliphatic heterocycles. The fourth-order valence-corrected chi connectivity index (χ4v) is 2.34. The zero-order valence-electron chi connectivity index (χ0n) is 9.57. The number of rotatable bonds is 3. The van der Waals surface area contributed by atoms with E-state index in [1.807, 2.05) is 0 Å². The van der Waals surface area contributed by atoms with Crippen molar-refractivity contribution in [1.82, 2.24) is 4.67 Å². The van der Waals surface area contributed by atoms with E-state index in [1.54, 1.807) is 0 Å². The number of hydrogen-bond acceptors (Lipinski definition) is 3. The summed E-state index contributed by atoms with van der Waals surface area (Å²) in [7, 11) is -5.00. The summed E-state index contributed by atoms with van der Waals surface area (Å²) >= 11 is 0. The predicted octanol–water partition coefficient (Wildman–Crippen LogP) is -5.76. The minimum atomic E-state index is -5.00. The Morgan fingerprint density at radius 1 is 1.29 bits per heavy atom. The molecule has 0 aliphatic carbocycles. The van der Waals surface area contributed by atoms with Gasteiger partial charge in [0.25, 0.3) is 0 Å². The summed E-state index contributed by atoms with van der Waals surface area (Å²) in [6.45, 7) is 4.97. The largest absolute Gasteiger partial charge is 1.00 e. The topological polar surface area (TPSA) is 66.4 Å². The first-order valence-electron chi connectivity index (χ1n) is 3.57. The minimum Gasteiger partial charge on any atom is -0.799 e. The van der Waals surface area contributed by atoms with E-state index < -0.39 is 19.6 Å². The monoisotopic (exact) mass is 211 g/mol. The van der Waals surface area contributed by atoms with Gasteiger partial charge in [0.15, 0.2) is 5.79 Å². The van der Waals surface area contributed by atoms with Crippen LogP contribution in [0.1, 0.15) is 27.7 Å². The van der Waals surface area contributed by atoms with Crippen molar-refractivity contribution in [2.75, 3.05) is 0 Å². The molecule has 0 N–H and O–H groups in total. The molecular formula is C6H13FLi2NO3P. The third-order valence-corrected chi connectivity index (χ3v) is 2.76. The van der Waals surface area contributed by atoms with Gasteiger partial charge in [0.2, 0.25) is 0 Å². The van der Waals surface area contributed by atoms with Gasteiger partial charge in [-0.2, -0.15) is 0 Å². The average Bonchev–Trinajstić information content (AvgIpc) is 1.49. The second kappa shape index (κ2) is 6.74. The number of alkyl halides is 1. The standard InChI is InChI=1S/C6H15FNO3P.2Li/c1-5(2)8(6(3,4)7)12(9,10)11;;/h5H,1-4H3,(H2,9,10,11);;/q;2*+1/p-2. The van der Waals surface area contributed by atoms with Crippen LogP contribution in [-0.4, -0.2) is 16.5 Å². The maximum Gasteiger partial charge on any atom is 1.00 e. The van der Waals surface area contributed by atoms with Crippen molar-refractivity contribution in [3.63, 3.8) is 0 Å². The van der Waals surface area contributed by atoms with Crippen molar-refractivity contribution in [1.29, 1.82) is 0 Å². The van der Waals surface area contributed by atoms with Gasteiger partial charge >= 0.3 is 37.7 Å². The molecule has 0 amide bonds. The van der Waals surface area contributed by atoms with Crippen LogP contribution in [-0.2, 0) is 4.57 Å². The van der Waals surface area contributed by atoms with E-state index in [0.717, 1.165) is 13.8 Å². The van der Waals surface area contributed by atoms with Crippen LogP contribution in [0.2, 0.25) is 0 Å².